The Bertz CT molecular complexity index is 286. The fraction of sp³-hybridized carbons (Fsp3) is 0.333. The normalized spacial score (nSPS) is 12.1. The standard InChI is InChI=1S/C9H10N2S/c1-7-3-4-9(11-6-7)12-8(2)5-10/h3-4,6,8H,1-2H3. The lowest BCUT2D eigenvalue weighted by Crippen LogP contribution is -1.91. The van der Waals surface area contributed by atoms with Crippen LogP contribution in [-0.4, -0.2) is 10.2 Å². The molecular formula is C9H10N2S. The fourth-order valence-corrected chi connectivity index (χ4v) is 1.41. The van der Waals surface area contributed by atoms with Gasteiger partial charge in [-0.2, -0.15) is 5.26 Å². The van der Waals surface area contributed by atoms with Crippen LogP contribution in [0.5, 0.6) is 0 Å². The van der Waals surface area contributed by atoms with Crippen LogP contribution in [0, 0.1) is 18.3 Å². The van der Waals surface area contributed by atoms with Crippen molar-refractivity contribution in [1.82, 2.24) is 4.98 Å². The van der Waals surface area contributed by atoms with Crippen LogP contribution in [-0.2, 0) is 0 Å². The third-order valence-corrected chi connectivity index (χ3v) is 2.31. The zero-order valence-electron chi connectivity index (χ0n) is 7.11. The molecule has 1 heterocycles. The Morgan fingerprint density at radius 1 is 1.58 bits per heavy atom. The molecule has 0 bridgehead atoms. The maximum atomic E-state index is 8.55. The molecule has 62 valence electrons. The SMILES string of the molecule is Cc1ccc(SC(C)C#N)nc1. The molecule has 0 aromatic carbocycles. The Kier molecular flexibility index (Phi) is 3.12. The number of hydrogen-bond donors (Lipinski definition) is 0. The molecule has 0 saturated heterocycles. The topological polar surface area (TPSA) is 36.7 Å². The summed E-state index contributed by atoms with van der Waals surface area (Å²) in [4.78, 5) is 4.18. The number of hydrogen-bond acceptors (Lipinski definition) is 3. The second-order valence-electron chi connectivity index (χ2n) is 2.56. The van der Waals surface area contributed by atoms with Gasteiger partial charge in [0.15, 0.2) is 0 Å². The monoisotopic (exact) mass is 178 g/mol. The van der Waals surface area contributed by atoms with Gasteiger partial charge in [-0.15, -0.1) is 0 Å². The van der Waals surface area contributed by atoms with E-state index in [4.69, 9.17) is 5.26 Å². The van der Waals surface area contributed by atoms with Crippen LogP contribution in [0.3, 0.4) is 0 Å². The second-order valence-corrected chi connectivity index (χ2v) is 3.92. The largest absolute Gasteiger partial charge is 0.250 e. The Balaban J connectivity index is 2.66. The van der Waals surface area contributed by atoms with Gasteiger partial charge in [0.05, 0.1) is 16.3 Å². The minimum absolute atomic E-state index is 0.0276. The van der Waals surface area contributed by atoms with Gasteiger partial charge in [-0.1, -0.05) is 17.8 Å². The quantitative estimate of drug-likeness (QED) is 0.652. The molecule has 0 aliphatic rings. The van der Waals surface area contributed by atoms with Crippen molar-refractivity contribution in [3.05, 3.63) is 23.9 Å². The summed E-state index contributed by atoms with van der Waals surface area (Å²) in [7, 11) is 0. The molecule has 0 amide bonds. The van der Waals surface area contributed by atoms with Crippen molar-refractivity contribution in [2.24, 2.45) is 0 Å². The zero-order chi connectivity index (χ0) is 8.97. The smallest absolute Gasteiger partial charge is 0.0972 e. The number of nitriles is 1. The maximum absolute atomic E-state index is 8.55. The molecule has 0 radical (unpaired) electrons. The average Bonchev–Trinajstić information content (AvgIpc) is 2.09. The third kappa shape index (κ3) is 2.55. The average molecular weight is 178 g/mol. The highest BCUT2D eigenvalue weighted by atomic mass is 32.2. The van der Waals surface area contributed by atoms with E-state index in [1.54, 1.807) is 0 Å². The Hall–Kier alpha value is -1.01. The van der Waals surface area contributed by atoms with Crippen LogP contribution in [0.25, 0.3) is 0 Å². The van der Waals surface area contributed by atoms with E-state index in [9.17, 15) is 0 Å². The lowest BCUT2D eigenvalue weighted by molar-refractivity contribution is 1.10. The van der Waals surface area contributed by atoms with E-state index >= 15 is 0 Å². The minimum Gasteiger partial charge on any atom is -0.250 e. The van der Waals surface area contributed by atoms with Crippen molar-refractivity contribution < 1.29 is 0 Å². The lowest BCUT2D eigenvalue weighted by atomic mass is 10.3. The van der Waals surface area contributed by atoms with Gasteiger partial charge in [0.25, 0.3) is 0 Å². The van der Waals surface area contributed by atoms with Crippen LogP contribution in [0.15, 0.2) is 23.4 Å². The molecule has 12 heavy (non-hydrogen) atoms. The van der Waals surface area contributed by atoms with Crippen LogP contribution >= 0.6 is 11.8 Å². The molecule has 0 aliphatic carbocycles. The van der Waals surface area contributed by atoms with Gasteiger partial charge in [-0.05, 0) is 25.5 Å². The van der Waals surface area contributed by atoms with E-state index in [2.05, 4.69) is 11.1 Å². The predicted molar refractivity (Wildman–Crippen MR) is 49.9 cm³/mol. The molecule has 0 N–H and O–H groups in total. The summed E-state index contributed by atoms with van der Waals surface area (Å²) in [6, 6.07) is 6.09. The van der Waals surface area contributed by atoms with Crippen molar-refractivity contribution >= 4 is 11.8 Å². The van der Waals surface area contributed by atoms with Crippen molar-refractivity contribution in [3.8, 4) is 6.07 Å². The molecule has 1 unspecified atom stereocenters. The van der Waals surface area contributed by atoms with Gasteiger partial charge < -0.3 is 0 Å². The van der Waals surface area contributed by atoms with Crippen molar-refractivity contribution in [3.63, 3.8) is 0 Å². The summed E-state index contributed by atoms with van der Waals surface area (Å²) in [5.41, 5.74) is 1.14. The van der Waals surface area contributed by atoms with E-state index in [0.29, 0.717) is 0 Å². The maximum Gasteiger partial charge on any atom is 0.0972 e. The van der Waals surface area contributed by atoms with Gasteiger partial charge in [0, 0.05) is 6.20 Å². The summed E-state index contributed by atoms with van der Waals surface area (Å²) < 4.78 is 0. The van der Waals surface area contributed by atoms with Crippen LogP contribution < -0.4 is 0 Å². The highest BCUT2D eigenvalue weighted by Crippen LogP contribution is 2.19. The van der Waals surface area contributed by atoms with E-state index < -0.39 is 0 Å². The molecular weight excluding hydrogens is 168 g/mol. The van der Waals surface area contributed by atoms with Crippen LogP contribution in [0.4, 0.5) is 0 Å². The van der Waals surface area contributed by atoms with Gasteiger partial charge in [-0.3, -0.25) is 0 Å². The summed E-state index contributed by atoms with van der Waals surface area (Å²) >= 11 is 1.48. The third-order valence-electron chi connectivity index (χ3n) is 1.36. The summed E-state index contributed by atoms with van der Waals surface area (Å²) in [6.45, 7) is 3.86. The van der Waals surface area contributed by atoms with Crippen LogP contribution in [0.2, 0.25) is 0 Å². The molecule has 1 aromatic heterocycles. The Morgan fingerprint density at radius 2 is 2.33 bits per heavy atom. The summed E-state index contributed by atoms with van der Waals surface area (Å²) in [5.74, 6) is 0. The molecule has 0 aliphatic heterocycles. The van der Waals surface area contributed by atoms with Gasteiger partial charge in [0.2, 0.25) is 0 Å². The number of rotatable bonds is 2. The predicted octanol–water partition coefficient (Wildman–Crippen LogP) is 2.39. The second kappa shape index (κ2) is 4.13. The molecule has 0 saturated carbocycles. The lowest BCUT2D eigenvalue weighted by Gasteiger charge is -2.00. The number of aromatic nitrogens is 1. The van der Waals surface area contributed by atoms with E-state index in [1.165, 1.54) is 11.8 Å². The fourth-order valence-electron chi connectivity index (χ4n) is 0.731. The summed E-state index contributed by atoms with van der Waals surface area (Å²) in [6.07, 6.45) is 1.81. The molecule has 1 rings (SSSR count). The first-order valence-electron chi connectivity index (χ1n) is 3.71. The van der Waals surface area contributed by atoms with Gasteiger partial charge >= 0.3 is 0 Å². The first-order valence-corrected chi connectivity index (χ1v) is 4.59. The molecule has 0 fully saturated rings. The number of thioether (sulfide) groups is 1. The highest BCUT2D eigenvalue weighted by Gasteiger charge is 2.02. The van der Waals surface area contributed by atoms with E-state index in [1.807, 2.05) is 32.2 Å². The first kappa shape index (κ1) is 9.08. The van der Waals surface area contributed by atoms with Crippen molar-refractivity contribution in [2.75, 3.05) is 0 Å². The molecule has 1 aromatic rings. The van der Waals surface area contributed by atoms with Crippen molar-refractivity contribution in [2.45, 2.75) is 24.1 Å². The molecule has 3 heteroatoms. The Labute approximate surface area is 76.6 Å². The molecule has 1 atom stereocenters. The number of aryl methyl sites for hydroxylation is 1. The van der Waals surface area contributed by atoms with Gasteiger partial charge in [-0.25, -0.2) is 4.98 Å². The number of nitrogens with zero attached hydrogens (tertiary/aromatic N) is 2. The molecule has 2 nitrogen and oxygen atoms in total. The molecule has 0 spiro atoms. The summed E-state index contributed by atoms with van der Waals surface area (Å²) in [5, 5.41) is 9.44. The number of pyridine rings is 1. The highest BCUT2D eigenvalue weighted by molar-refractivity contribution is 8.00. The zero-order valence-corrected chi connectivity index (χ0v) is 7.93. The van der Waals surface area contributed by atoms with E-state index in [-0.39, 0.29) is 5.25 Å². The minimum atomic E-state index is -0.0276. The first-order chi connectivity index (χ1) is 5.72. The van der Waals surface area contributed by atoms with Crippen LogP contribution in [0.1, 0.15) is 12.5 Å². The van der Waals surface area contributed by atoms with E-state index in [0.717, 1.165) is 10.6 Å². The van der Waals surface area contributed by atoms with Gasteiger partial charge in [0.1, 0.15) is 0 Å². The Morgan fingerprint density at radius 3 is 2.83 bits per heavy atom. The van der Waals surface area contributed by atoms with Crippen molar-refractivity contribution in [1.29, 1.82) is 5.26 Å².